The number of nitrogens with zero attached hydrogens (tertiary/aromatic N) is 7. The van der Waals surface area contributed by atoms with Gasteiger partial charge in [0.25, 0.3) is 5.91 Å². The number of thiophene rings is 1. The van der Waals surface area contributed by atoms with Crippen molar-refractivity contribution in [3.8, 4) is 17.3 Å². The van der Waals surface area contributed by atoms with Gasteiger partial charge in [0.15, 0.2) is 11.6 Å². The van der Waals surface area contributed by atoms with Crippen molar-refractivity contribution in [2.75, 3.05) is 50.3 Å². The van der Waals surface area contributed by atoms with E-state index in [0.717, 1.165) is 39.6 Å². The molecule has 42 heavy (non-hydrogen) atoms. The molecule has 4 aromatic rings. The van der Waals surface area contributed by atoms with Gasteiger partial charge in [0.05, 0.1) is 42.6 Å². The maximum absolute atomic E-state index is 11.5. The molecule has 0 atom stereocenters. The first kappa shape index (κ1) is 34.3. The molecule has 13 heteroatoms. The van der Waals surface area contributed by atoms with Gasteiger partial charge in [0.2, 0.25) is 11.8 Å². The van der Waals surface area contributed by atoms with Crippen molar-refractivity contribution in [2.24, 2.45) is 0 Å². The Kier molecular flexibility index (Phi) is 14.5. The van der Waals surface area contributed by atoms with Crippen LogP contribution < -0.4 is 20.0 Å². The van der Waals surface area contributed by atoms with Crippen LogP contribution in [0.25, 0.3) is 21.6 Å². The van der Waals surface area contributed by atoms with E-state index in [0.29, 0.717) is 37.4 Å². The van der Waals surface area contributed by atoms with Crippen molar-refractivity contribution in [2.45, 2.75) is 48.1 Å². The number of fused-ring (bicyclic) bond motifs is 1. The van der Waals surface area contributed by atoms with E-state index in [9.17, 15) is 4.79 Å². The van der Waals surface area contributed by atoms with Crippen molar-refractivity contribution >= 4 is 39.2 Å². The van der Waals surface area contributed by atoms with Crippen LogP contribution in [0, 0.1) is 0 Å². The van der Waals surface area contributed by atoms with Gasteiger partial charge >= 0.3 is 0 Å². The lowest BCUT2D eigenvalue weighted by atomic mass is 10.2. The van der Waals surface area contributed by atoms with Gasteiger partial charge in [0.1, 0.15) is 0 Å². The van der Waals surface area contributed by atoms with Crippen LogP contribution in [-0.4, -0.2) is 76.5 Å². The lowest BCUT2D eigenvalue weighted by Gasteiger charge is -2.28. The number of carbonyl (C=O) groups excluding carboxylic acids is 1. The minimum atomic E-state index is -0.661. The second-order valence-corrected chi connectivity index (χ2v) is 9.19. The van der Waals surface area contributed by atoms with Crippen LogP contribution in [-0.2, 0) is 11.3 Å². The number of nitrogens with one attached hydrogen (secondary N) is 1. The van der Waals surface area contributed by atoms with Crippen LogP contribution >= 0.6 is 11.3 Å². The van der Waals surface area contributed by atoms with Crippen molar-refractivity contribution in [3.63, 3.8) is 0 Å². The summed E-state index contributed by atoms with van der Waals surface area (Å²) in [5.74, 6) is 1.79. The summed E-state index contributed by atoms with van der Waals surface area (Å²) in [5.41, 5.74) is 3.39. The van der Waals surface area contributed by atoms with Crippen LogP contribution in [0.15, 0.2) is 36.8 Å². The molecule has 0 aromatic carbocycles. The van der Waals surface area contributed by atoms with E-state index >= 15 is 0 Å². The predicted molar refractivity (Wildman–Crippen MR) is 168 cm³/mol. The second-order valence-electron chi connectivity index (χ2n) is 8.06. The summed E-state index contributed by atoms with van der Waals surface area (Å²) < 4.78 is 11.7. The Morgan fingerprint density at radius 3 is 2.29 bits per heavy atom. The third-order valence-corrected chi connectivity index (χ3v) is 6.76. The Morgan fingerprint density at radius 1 is 1.05 bits per heavy atom. The summed E-state index contributed by atoms with van der Waals surface area (Å²) in [4.78, 5) is 39.2. The molecule has 2 N–H and O–H groups in total. The molecule has 5 heterocycles. The summed E-state index contributed by atoms with van der Waals surface area (Å²) in [6.07, 6.45) is 4.45. The number of morpholine rings is 1. The predicted octanol–water partition coefficient (Wildman–Crippen LogP) is 5.22. The van der Waals surface area contributed by atoms with Crippen LogP contribution in [0.3, 0.4) is 0 Å². The van der Waals surface area contributed by atoms with Gasteiger partial charge in [-0.15, -0.1) is 11.3 Å². The second kappa shape index (κ2) is 17.8. The van der Waals surface area contributed by atoms with Gasteiger partial charge in [-0.1, -0.05) is 41.5 Å². The highest BCUT2D eigenvalue weighted by Crippen LogP contribution is 2.35. The molecule has 4 aromatic heterocycles. The lowest BCUT2D eigenvalue weighted by Crippen LogP contribution is -2.36. The molecular weight excluding hydrogens is 556 g/mol. The van der Waals surface area contributed by atoms with E-state index < -0.39 is 5.91 Å². The zero-order chi connectivity index (χ0) is 31.1. The fraction of sp³-hybridized carbons (Fsp3) is 0.448. The SMILES string of the molecule is CC.CC.CC.COc1ccc(-c2nc(N3CCOCC3)c3sc(CN(C)c4ncc(C(=O)NO)cn4)cc3n2)cn1. The zero-order valence-electron chi connectivity index (χ0n) is 25.7. The maximum atomic E-state index is 11.5. The monoisotopic (exact) mass is 598 g/mol. The van der Waals surface area contributed by atoms with E-state index in [1.165, 1.54) is 12.4 Å². The highest BCUT2D eigenvalue weighted by atomic mass is 32.1. The third kappa shape index (κ3) is 8.54. The number of hydrogen-bond donors (Lipinski definition) is 2. The van der Waals surface area contributed by atoms with E-state index in [1.807, 2.05) is 59.6 Å². The number of hydroxylamine groups is 1. The molecule has 1 fully saturated rings. The first-order chi connectivity index (χ1) is 20.6. The Bertz CT molecular complexity index is 1360. The Labute approximate surface area is 251 Å². The van der Waals surface area contributed by atoms with Crippen LogP contribution in [0.1, 0.15) is 56.8 Å². The quantitative estimate of drug-likeness (QED) is 0.214. The number of anilines is 2. The average molecular weight is 599 g/mol. The fourth-order valence-corrected chi connectivity index (χ4v) is 4.96. The maximum Gasteiger partial charge on any atom is 0.277 e. The first-order valence-electron chi connectivity index (χ1n) is 14.2. The molecule has 0 radical (unpaired) electrons. The number of hydrogen-bond acceptors (Lipinski definition) is 12. The van der Waals surface area contributed by atoms with Gasteiger partial charge in [-0.3, -0.25) is 10.0 Å². The van der Waals surface area contributed by atoms with Crippen LogP contribution in [0.4, 0.5) is 11.8 Å². The number of amides is 1. The van der Waals surface area contributed by atoms with Crippen molar-refractivity contribution in [1.29, 1.82) is 0 Å². The third-order valence-electron chi connectivity index (χ3n) is 5.66. The van der Waals surface area contributed by atoms with Crippen LogP contribution in [0.2, 0.25) is 0 Å². The normalized spacial score (nSPS) is 12.1. The summed E-state index contributed by atoms with van der Waals surface area (Å²) >= 11 is 1.62. The molecule has 5 rings (SSSR count). The molecule has 228 valence electrons. The Morgan fingerprint density at radius 2 is 1.71 bits per heavy atom. The van der Waals surface area contributed by atoms with Gasteiger partial charge in [-0.25, -0.2) is 30.4 Å². The minimum Gasteiger partial charge on any atom is -0.481 e. The molecule has 12 nitrogen and oxygen atoms in total. The van der Waals surface area contributed by atoms with E-state index in [-0.39, 0.29) is 5.56 Å². The number of pyridine rings is 1. The first-order valence-corrected chi connectivity index (χ1v) is 15.0. The highest BCUT2D eigenvalue weighted by molar-refractivity contribution is 7.19. The highest BCUT2D eigenvalue weighted by Gasteiger charge is 2.21. The summed E-state index contributed by atoms with van der Waals surface area (Å²) in [7, 11) is 3.45. The largest absolute Gasteiger partial charge is 0.481 e. The topological polar surface area (TPSA) is 139 Å². The molecule has 0 saturated carbocycles. The van der Waals surface area contributed by atoms with Gasteiger partial charge < -0.3 is 19.3 Å². The number of rotatable bonds is 7. The molecule has 1 aliphatic rings. The lowest BCUT2D eigenvalue weighted by molar-refractivity contribution is 0.0705. The number of aromatic nitrogens is 5. The average Bonchev–Trinajstić information content (AvgIpc) is 3.49. The molecule has 0 aliphatic carbocycles. The molecule has 0 bridgehead atoms. The van der Waals surface area contributed by atoms with E-state index in [1.54, 1.807) is 36.2 Å². The van der Waals surface area contributed by atoms with Crippen LogP contribution in [0.5, 0.6) is 5.88 Å². The van der Waals surface area contributed by atoms with Gasteiger partial charge in [-0.2, -0.15) is 0 Å². The zero-order valence-corrected chi connectivity index (χ0v) is 26.5. The molecule has 0 spiro atoms. The number of ether oxygens (including phenoxy) is 2. The van der Waals surface area contributed by atoms with Gasteiger partial charge in [-0.05, 0) is 12.1 Å². The smallest absolute Gasteiger partial charge is 0.277 e. The van der Waals surface area contributed by atoms with E-state index in [2.05, 4.69) is 25.9 Å². The van der Waals surface area contributed by atoms with Gasteiger partial charge in [0, 0.05) is 55.2 Å². The molecule has 1 aliphatic heterocycles. The van der Waals surface area contributed by atoms with Crippen molar-refractivity contribution in [1.82, 2.24) is 30.4 Å². The summed E-state index contributed by atoms with van der Waals surface area (Å²) in [6, 6.07) is 5.74. The van der Waals surface area contributed by atoms with Crippen molar-refractivity contribution in [3.05, 3.63) is 47.2 Å². The molecule has 1 saturated heterocycles. The Balaban J connectivity index is 0.000000966. The number of carbonyl (C=O) groups is 1. The molecule has 0 unspecified atom stereocenters. The number of methoxy groups -OCH3 is 1. The van der Waals surface area contributed by atoms with Crippen molar-refractivity contribution < 1.29 is 19.5 Å². The molecular formula is C29H42N8O4S. The van der Waals surface area contributed by atoms with E-state index in [4.69, 9.17) is 24.6 Å². The Hall–Kier alpha value is -3.94. The minimum absolute atomic E-state index is 0.169. The fourth-order valence-electron chi connectivity index (χ4n) is 3.80. The molecule has 1 amide bonds. The summed E-state index contributed by atoms with van der Waals surface area (Å²) in [6.45, 7) is 15.3. The standard InChI is InChI=1S/C23H24N8O4S.3C2H6/c1-30(23-25-11-15(12-26-23)22(32)29-33)13-16-9-17-19(36-16)21(31-5-7-35-8-6-31)28-20(27-17)14-3-4-18(34-2)24-10-14;3*1-2/h3-4,9-12,33H,5-8,13H2,1-2H3,(H,29,32);3*1-2H3. The summed E-state index contributed by atoms with van der Waals surface area (Å²) in [5, 5.41) is 8.77.